The van der Waals surface area contributed by atoms with E-state index in [2.05, 4.69) is 59.3 Å². The SMILES string of the molecule is CC(c1nc(N)nc(Nc2ccccc2)n1)N1CCN(c2cc(-c3ccc(C#N)cc3)[nH]n2)CC1. The highest BCUT2D eigenvalue weighted by atomic mass is 15.3. The summed E-state index contributed by atoms with van der Waals surface area (Å²) in [6.45, 7) is 5.43. The molecule has 0 spiro atoms. The zero-order valence-electron chi connectivity index (χ0n) is 19.4. The average molecular weight is 467 g/mol. The van der Waals surface area contributed by atoms with Crippen molar-refractivity contribution in [2.24, 2.45) is 0 Å². The van der Waals surface area contributed by atoms with Crippen LogP contribution in [0.4, 0.5) is 23.4 Å². The van der Waals surface area contributed by atoms with E-state index in [0.29, 0.717) is 17.3 Å². The average Bonchev–Trinajstić information content (AvgIpc) is 3.39. The number of para-hydroxylation sites is 1. The summed E-state index contributed by atoms with van der Waals surface area (Å²) < 4.78 is 0. The molecule has 1 unspecified atom stereocenters. The summed E-state index contributed by atoms with van der Waals surface area (Å²) >= 11 is 0. The van der Waals surface area contributed by atoms with Gasteiger partial charge in [-0.05, 0) is 36.8 Å². The van der Waals surface area contributed by atoms with Gasteiger partial charge >= 0.3 is 0 Å². The number of rotatable bonds is 6. The minimum atomic E-state index is -0.00725. The second-order valence-electron chi connectivity index (χ2n) is 8.39. The van der Waals surface area contributed by atoms with Gasteiger partial charge in [0, 0.05) is 37.9 Å². The lowest BCUT2D eigenvalue weighted by atomic mass is 10.1. The number of aromatic nitrogens is 5. The Labute approximate surface area is 203 Å². The molecule has 0 radical (unpaired) electrons. The minimum absolute atomic E-state index is 0.00725. The maximum absolute atomic E-state index is 8.99. The number of nitrogen functional groups attached to an aromatic ring is 1. The monoisotopic (exact) mass is 466 g/mol. The molecule has 1 fully saturated rings. The summed E-state index contributed by atoms with van der Waals surface area (Å²) in [5, 5.41) is 19.8. The number of hydrogen-bond donors (Lipinski definition) is 3. The largest absolute Gasteiger partial charge is 0.368 e. The Morgan fingerprint density at radius 3 is 2.46 bits per heavy atom. The van der Waals surface area contributed by atoms with Crippen LogP contribution in [-0.2, 0) is 0 Å². The van der Waals surface area contributed by atoms with Gasteiger partial charge in [0.25, 0.3) is 0 Å². The van der Waals surface area contributed by atoms with Crippen LogP contribution in [-0.4, -0.2) is 56.2 Å². The van der Waals surface area contributed by atoms with Crippen LogP contribution in [0.25, 0.3) is 11.3 Å². The molecule has 1 saturated heterocycles. The van der Waals surface area contributed by atoms with Gasteiger partial charge in [0.15, 0.2) is 11.6 Å². The fraction of sp³-hybridized carbons (Fsp3) is 0.240. The number of benzene rings is 2. The molecule has 4 aromatic rings. The number of piperazine rings is 1. The minimum Gasteiger partial charge on any atom is -0.368 e. The van der Waals surface area contributed by atoms with E-state index < -0.39 is 0 Å². The van der Waals surface area contributed by atoms with Gasteiger partial charge in [0.2, 0.25) is 11.9 Å². The molecule has 3 heterocycles. The van der Waals surface area contributed by atoms with E-state index in [-0.39, 0.29) is 12.0 Å². The van der Waals surface area contributed by atoms with Crippen molar-refractivity contribution >= 4 is 23.4 Å². The Bertz CT molecular complexity index is 1320. The maximum Gasteiger partial charge on any atom is 0.232 e. The molecule has 2 aromatic heterocycles. The van der Waals surface area contributed by atoms with Crippen molar-refractivity contribution in [1.82, 2.24) is 30.0 Å². The maximum atomic E-state index is 8.99. The third kappa shape index (κ3) is 5.05. The predicted molar refractivity (Wildman–Crippen MR) is 135 cm³/mol. The molecule has 10 heteroatoms. The van der Waals surface area contributed by atoms with Gasteiger partial charge < -0.3 is 16.0 Å². The molecule has 1 aliphatic rings. The molecule has 176 valence electrons. The summed E-state index contributed by atoms with van der Waals surface area (Å²) in [5.41, 5.74) is 9.45. The second-order valence-corrected chi connectivity index (χ2v) is 8.39. The third-order valence-electron chi connectivity index (χ3n) is 6.15. The zero-order valence-corrected chi connectivity index (χ0v) is 19.4. The van der Waals surface area contributed by atoms with E-state index in [4.69, 9.17) is 11.0 Å². The van der Waals surface area contributed by atoms with Gasteiger partial charge in [-0.2, -0.15) is 25.3 Å². The first-order valence-corrected chi connectivity index (χ1v) is 11.5. The van der Waals surface area contributed by atoms with Crippen molar-refractivity contribution in [2.45, 2.75) is 13.0 Å². The van der Waals surface area contributed by atoms with E-state index in [0.717, 1.165) is 48.9 Å². The first-order chi connectivity index (χ1) is 17.1. The molecule has 0 aliphatic carbocycles. The number of anilines is 4. The van der Waals surface area contributed by atoms with E-state index in [1.54, 1.807) is 0 Å². The Morgan fingerprint density at radius 2 is 1.74 bits per heavy atom. The number of nitrogens with two attached hydrogens (primary N) is 1. The second kappa shape index (κ2) is 9.79. The van der Waals surface area contributed by atoms with E-state index >= 15 is 0 Å². The van der Waals surface area contributed by atoms with Gasteiger partial charge in [0.1, 0.15) is 0 Å². The fourth-order valence-electron chi connectivity index (χ4n) is 4.15. The third-order valence-corrected chi connectivity index (χ3v) is 6.15. The van der Waals surface area contributed by atoms with Crippen LogP contribution in [0.15, 0.2) is 60.7 Å². The lowest BCUT2D eigenvalue weighted by Gasteiger charge is -2.37. The number of nitrogens with zero attached hydrogens (tertiary/aromatic N) is 7. The molecule has 4 N–H and O–H groups in total. The van der Waals surface area contributed by atoms with Crippen molar-refractivity contribution in [1.29, 1.82) is 5.26 Å². The van der Waals surface area contributed by atoms with Crippen molar-refractivity contribution in [3.05, 3.63) is 72.1 Å². The van der Waals surface area contributed by atoms with Gasteiger partial charge in [0.05, 0.1) is 23.4 Å². The van der Waals surface area contributed by atoms with Crippen LogP contribution >= 0.6 is 0 Å². The smallest absolute Gasteiger partial charge is 0.232 e. The summed E-state index contributed by atoms with van der Waals surface area (Å²) in [4.78, 5) is 17.9. The molecule has 35 heavy (non-hydrogen) atoms. The highest BCUT2D eigenvalue weighted by Gasteiger charge is 2.25. The summed E-state index contributed by atoms with van der Waals surface area (Å²) in [6, 6.07) is 21.4. The fourth-order valence-corrected chi connectivity index (χ4v) is 4.15. The van der Waals surface area contributed by atoms with Crippen molar-refractivity contribution in [3.63, 3.8) is 0 Å². The van der Waals surface area contributed by atoms with Gasteiger partial charge in [-0.25, -0.2) is 0 Å². The quantitative estimate of drug-likeness (QED) is 0.391. The molecule has 1 atom stereocenters. The molecule has 1 aliphatic heterocycles. The zero-order chi connectivity index (χ0) is 24.2. The van der Waals surface area contributed by atoms with Crippen LogP contribution < -0.4 is 16.0 Å². The van der Waals surface area contributed by atoms with Gasteiger partial charge in [-0.3, -0.25) is 10.00 Å². The Morgan fingerprint density at radius 1 is 1.00 bits per heavy atom. The standard InChI is InChI=1S/C25H26N10/c1-17(23-29-24(27)31-25(30-23)28-20-5-3-2-4-6-20)34-11-13-35(14-12-34)22-15-21(32-33-22)19-9-7-18(16-26)8-10-19/h2-10,15,17H,11-14H2,1H3,(H,32,33)(H3,27,28,29,30,31). The van der Waals surface area contributed by atoms with E-state index in [1.807, 2.05) is 54.6 Å². The molecule has 2 aromatic carbocycles. The van der Waals surface area contributed by atoms with Crippen LogP contribution in [0.2, 0.25) is 0 Å². The first-order valence-electron chi connectivity index (χ1n) is 11.5. The number of nitrogens with one attached hydrogen (secondary N) is 2. The Kier molecular flexibility index (Phi) is 6.24. The lowest BCUT2D eigenvalue weighted by Crippen LogP contribution is -2.47. The van der Waals surface area contributed by atoms with E-state index in [9.17, 15) is 0 Å². The molecule has 5 rings (SSSR count). The highest BCUT2D eigenvalue weighted by Crippen LogP contribution is 2.26. The van der Waals surface area contributed by atoms with Gasteiger partial charge in [-0.1, -0.05) is 30.3 Å². The molecular weight excluding hydrogens is 440 g/mol. The Hall–Kier alpha value is -4.49. The van der Waals surface area contributed by atoms with Crippen molar-refractivity contribution < 1.29 is 0 Å². The topological polar surface area (TPSA) is 136 Å². The highest BCUT2D eigenvalue weighted by molar-refractivity contribution is 5.64. The molecule has 0 bridgehead atoms. The van der Waals surface area contributed by atoms with Gasteiger partial charge in [-0.15, -0.1) is 0 Å². The van der Waals surface area contributed by atoms with E-state index in [1.165, 1.54) is 0 Å². The number of nitriles is 1. The molecular formula is C25H26N10. The summed E-state index contributed by atoms with van der Waals surface area (Å²) in [6.07, 6.45) is 0. The van der Waals surface area contributed by atoms with Crippen LogP contribution in [0.5, 0.6) is 0 Å². The van der Waals surface area contributed by atoms with Crippen molar-refractivity contribution in [3.8, 4) is 17.3 Å². The number of H-pyrrole nitrogens is 1. The molecule has 0 saturated carbocycles. The molecule has 10 nitrogen and oxygen atoms in total. The first kappa shape index (κ1) is 22.3. The number of aromatic amines is 1. The Balaban J connectivity index is 1.23. The molecule has 0 amide bonds. The van der Waals surface area contributed by atoms with Crippen LogP contribution in [0.3, 0.4) is 0 Å². The summed E-state index contributed by atoms with van der Waals surface area (Å²) in [5.74, 6) is 2.20. The lowest BCUT2D eigenvalue weighted by molar-refractivity contribution is 0.191. The van der Waals surface area contributed by atoms with Crippen LogP contribution in [0, 0.1) is 11.3 Å². The number of hydrogen-bond acceptors (Lipinski definition) is 9. The normalized spacial score (nSPS) is 14.9. The van der Waals surface area contributed by atoms with Crippen molar-refractivity contribution in [2.75, 3.05) is 42.1 Å². The predicted octanol–water partition coefficient (Wildman–Crippen LogP) is 3.34. The summed E-state index contributed by atoms with van der Waals surface area (Å²) in [7, 11) is 0. The van der Waals surface area contributed by atoms with Crippen LogP contribution in [0.1, 0.15) is 24.4 Å².